The summed E-state index contributed by atoms with van der Waals surface area (Å²) in [5.74, 6) is 0.745. The fraction of sp³-hybridized carbons (Fsp3) is 0.421. The highest BCUT2D eigenvalue weighted by Crippen LogP contribution is 2.32. The van der Waals surface area contributed by atoms with Gasteiger partial charge in [0.15, 0.2) is 0 Å². The highest BCUT2D eigenvalue weighted by molar-refractivity contribution is 5.26. The second-order valence-electron chi connectivity index (χ2n) is 6.25. The molecule has 3 rings (SSSR count). The molecule has 0 aliphatic heterocycles. The van der Waals surface area contributed by atoms with Crippen LogP contribution in [0.3, 0.4) is 0 Å². The minimum atomic E-state index is 0.0753. The van der Waals surface area contributed by atoms with Gasteiger partial charge in [-0.3, -0.25) is 4.79 Å². The van der Waals surface area contributed by atoms with Gasteiger partial charge in [-0.25, -0.2) is 0 Å². The van der Waals surface area contributed by atoms with Crippen LogP contribution in [0.25, 0.3) is 0 Å². The van der Waals surface area contributed by atoms with Gasteiger partial charge in [-0.05, 0) is 48.4 Å². The molecule has 0 radical (unpaired) electrons. The molecule has 1 aliphatic carbocycles. The monoisotopic (exact) mass is 281 g/mol. The Morgan fingerprint density at radius 2 is 1.76 bits per heavy atom. The molecule has 0 spiro atoms. The molecule has 1 fully saturated rings. The first-order chi connectivity index (χ1) is 10.2. The van der Waals surface area contributed by atoms with Crippen LogP contribution >= 0.6 is 0 Å². The summed E-state index contributed by atoms with van der Waals surface area (Å²) in [6, 6.07) is 12.5. The molecule has 0 amide bonds. The number of hydrogen-bond donors (Lipinski definition) is 0. The van der Waals surface area contributed by atoms with E-state index in [-0.39, 0.29) is 5.56 Å². The fourth-order valence-corrected chi connectivity index (χ4v) is 3.27. The van der Waals surface area contributed by atoms with Crippen molar-refractivity contribution >= 4 is 0 Å². The van der Waals surface area contributed by atoms with E-state index in [2.05, 4.69) is 24.3 Å². The van der Waals surface area contributed by atoms with E-state index in [4.69, 9.17) is 0 Å². The SMILES string of the molecule is Cc1ccn(Cc2ccc(C3CCCCC3)cc2)c(=O)c1. The summed E-state index contributed by atoms with van der Waals surface area (Å²) in [5, 5.41) is 0. The van der Waals surface area contributed by atoms with E-state index in [9.17, 15) is 4.79 Å². The number of aromatic nitrogens is 1. The van der Waals surface area contributed by atoms with E-state index in [1.807, 2.05) is 19.2 Å². The van der Waals surface area contributed by atoms with Crippen molar-refractivity contribution in [3.05, 3.63) is 69.6 Å². The predicted octanol–water partition coefficient (Wildman–Crippen LogP) is 4.25. The Morgan fingerprint density at radius 1 is 1.05 bits per heavy atom. The average molecular weight is 281 g/mol. The van der Waals surface area contributed by atoms with Gasteiger partial charge >= 0.3 is 0 Å². The van der Waals surface area contributed by atoms with Crippen LogP contribution in [-0.4, -0.2) is 4.57 Å². The van der Waals surface area contributed by atoms with E-state index in [1.54, 1.807) is 10.6 Å². The Kier molecular flexibility index (Phi) is 4.23. The highest BCUT2D eigenvalue weighted by atomic mass is 16.1. The molecular formula is C19H23NO. The summed E-state index contributed by atoms with van der Waals surface area (Å²) in [6.45, 7) is 2.61. The van der Waals surface area contributed by atoms with Crippen LogP contribution in [0.5, 0.6) is 0 Å². The van der Waals surface area contributed by atoms with Crippen LogP contribution in [0.15, 0.2) is 47.4 Å². The maximum absolute atomic E-state index is 11.9. The average Bonchev–Trinajstić information content (AvgIpc) is 2.52. The Morgan fingerprint density at radius 3 is 2.43 bits per heavy atom. The summed E-state index contributed by atoms with van der Waals surface area (Å²) in [7, 11) is 0. The lowest BCUT2D eigenvalue weighted by atomic mass is 9.84. The molecule has 0 N–H and O–H groups in total. The first kappa shape index (κ1) is 14.1. The zero-order valence-corrected chi connectivity index (χ0v) is 12.7. The van der Waals surface area contributed by atoms with Gasteiger partial charge in [0.2, 0.25) is 0 Å². The minimum absolute atomic E-state index is 0.0753. The molecule has 1 aromatic carbocycles. The third-order valence-corrected chi connectivity index (χ3v) is 4.56. The Labute approximate surface area is 126 Å². The van der Waals surface area contributed by atoms with E-state index in [1.165, 1.54) is 43.2 Å². The van der Waals surface area contributed by atoms with Crippen molar-refractivity contribution in [3.63, 3.8) is 0 Å². The van der Waals surface area contributed by atoms with Crippen LogP contribution in [0.4, 0.5) is 0 Å². The number of hydrogen-bond acceptors (Lipinski definition) is 1. The van der Waals surface area contributed by atoms with Crippen molar-refractivity contribution in [2.75, 3.05) is 0 Å². The third-order valence-electron chi connectivity index (χ3n) is 4.56. The molecule has 1 saturated carbocycles. The quantitative estimate of drug-likeness (QED) is 0.824. The fourth-order valence-electron chi connectivity index (χ4n) is 3.27. The van der Waals surface area contributed by atoms with Crippen LogP contribution in [-0.2, 0) is 6.54 Å². The molecule has 0 bridgehead atoms. The lowest BCUT2D eigenvalue weighted by molar-refractivity contribution is 0.443. The first-order valence-corrected chi connectivity index (χ1v) is 7.98. The second kappa shape index (κ2) is 6.30. The van der Waals surface area contributed by atoms with Crippen LogP contribution in [0, 0.1) is 6.92 Å². The number of rotatable bonds is 3. The summed E-state index contributed by atoms with van der Waals surface area (Å²) in [5.41, 5.74) is 3.76. The number of pyridine rings is 1. The molecule has 2 nitrogen and oxygen atoms in total. The van der Waals surface area contributed by atoms with Crippen molar-refractivity contribution in [1.82, 2.24) is 4.57 Å². The van der Waals surface area contributed by atoms with Gasteiger partial charge < -0.3 is 4.57 Å². The minimum Gasteiger partial charge on any atom is -0.311 e. The highest BCUT2D eigenvalue weighted by Gasteiger charge is 2.15. The molecule has 1 heterocycles. The Bertz CT molecular complexity index is 648. The standard InChI is InChI=1S/C19H23NO/c1-15-11-12-20(19(21)13-15)14-16-7-9-18(10-8-16)17-5-3-2-4-6-17/h7-13,17H,2-6,14H2,1H3. The van der Waals surface area contributed by atoms with Crippen molar-refractivity contribution in [2.24, 2.45) is 0 Å². The maximum Gasteiger partial charge on any atom is 0.251 e. The topological polar surface area (TPSA) is 22.0 Å². The van der Waals surface area contributed by atoms with Crippen molar-refractivity contribution < 1.29 is 0 Å². The van der Waals surface area contributed by atoms with Crippen LogP contribution in [0.1, 0.15) is 54.7 Å². The van der Waals surface area contributed by atoms with Crippen molar-refractivity contribution in [1.29, 1.82) is 0 Å². The number of nitrogens with zero attached hydrogens (tertiary/aromatic N) is 1. The molecule has 21 heavy (non-hydrogen) atoms. The third kappa shape index (κ3) is 3.44. The van der Waals surface area contributed by atoms with Gasteiger partial charge in [-0.1, -0.05) is 43.5 Å². The number of benzene rings is 1. The Hall–Kier alpha value is -1.83. The zero-order chi connectivity index (χ0) is 14.7. The molecule has 0 saturated heterocycles. The molecule has 1 aliphatic rings. The summed E-state index contributed by atoms with van der Waals surface area (Å²) >= 11 is 0. The molecular weight excluding hydrogens is 258 g/mol. The van der Waals surface area contributed by atoms with Crippen LogP contribution in [0.2, 0.25) is 0 Å². The van der Waals surface area contributed by atoms with E-state index in [0.717, 1.165) is 11.5 Å². The molecule has 0 unspecified atom stereocenters. The predicted molar refractivity (Wildman–Crippen MR) is 86.8 cm³/mol. The largest absolute Gasteiger partial charge is 0.311 e. The van der Waals surface area contributed by atoms with E-state index < -0.39 is 0 Å². The molecule has 2 heteroatoms. The lowest BCUT2D eigenvalue weighted by Crippen LogP contribution is -2.19. The van der Waals surface area contributed by atoms with Crippen LogP contribution < -0.4 is 5.56 Å². The van der Waals surface area contributed by atoms with Gasteiger partial charge in [0.05, 0.1) is 6.54 Å². The molecule has 1 aromatic heterocycles. The summed E-state index contributed by atoms with van der Waals surface area (Å²) < 4.78 is 1.77. The molecule has 2 aromatic rings. The van der Waals surface area contributed by atoms with Gasteiger partial charge in [-0.2, -0.15) is 0 Å². The second-order valence-corrected chi connectivity index (χ2v) is 6.25. The summed E-state index contributed by atoms with van der Waals surface area (Å²) in [6.07, 6.45) is 8.67. The Balaban J connectivity index is 1.73. The lowest BCUT2D eigenvalue weighted by Gasteiger charge is -2.22. The normalized spacial score (nSPS) is 16.0. The zero-order valence-electron chi connectivity index (χ0n) is 12.7. The smallest absolute Gasteiger partial charge is 0.251 e. The van der Waals surface area contributed by atoms with Gasteiger partial charge in [0.1, 0.15) is 0 Å². The van der Waals surface area contributed by atoms with Gasteiger partial charge in [-0.15, -0.1) is 0 Å². The van der Waals surface area contributed by atoms with Gasteiger partial charge in [0.25, 0.3) is 5.56 Å². The van der Waals surface area contributed by atoms with Crippen molar-refractivity contribution in [2.45, 2.75) is 51.5 Å². The van der Waals surface area contributed by atoms with Crippen molar-refractivity contribution in [3.8, 4) is 0 Å². The summed E-state index contributed by atoms with van der Waals surface area (Å²) in [4.78, 5) is 11.9. The maximum atomic E-state index is 11.9. The molecule has 0 atom stereocenters. The van der Waals surface area contributed by atoms with Gasteiger partial charge in [0, 0.05) is 12.3 Å². The first-order valence-electron chi connectivity index (χ1n) is 7.98. The number of aryl methyl sites for hydroxylation is 1. The molecule has 110 valence electrons. The van der Waals surface area contributed by atoms with E-state index in [0.29, 0.717) is 6.54 Å². The van der Waals surface area contributed by atoms with E-state index >= 15 is 0 Å².